The number of carbonyl (C=O) groups is 1. The van der Waals surface area contributed by atoms with Crippen molar-refractivity contribution >= 4 is 17.3 Å². The Morgan fingerprint density at radius 2 is 2.00 bits per heavy atom. The summed E-state index contributed by atoms with van der Waals surface area (Å²) < 4.78 is 0. The number of unbranched alkanes of at least 4 members (excludes halogenated alkanes) is 1. The highest BCUT2D eigenvalue weighted by Crippen LogP contribution is 2.40. The van der Waals surface area contributed by atoms with Crippen LogP contribution in [-0.2, 0) is 0 Å². The number of aromatic carboxylic acids is 1. The number of hydrogen-bond acceptors (Lipinski definition) is 3. The predicted molar refractivity (Wildman–Crippen MR) is 87.4 cm³/mol. The third-order valence-corrected chi connectivity index (χ3v) is 5.92. The molecule has 0 spiro atoms. The van der Waals surface area contributed by atoms with E-state index in [2.05, 4.69) is 25.8 Å². The van der Waals surface area contributed by atoms with Crippen LogP contribution >= 0.6 is 11.3 Å². The summed E-state index contributed by atoms with van der Waals surface area (Å²) in [5.41, 5.74) is 0.866. The van der Waals surface area contributed by atoms with Gasteiger partial charge in [0.25, 0.3) is 0 Å². The monoisotopic (exact) mass is 309 g/mol. The summed E-state index contributed by atoms with van der Waals surface area (Å²) in [4.78, 5) is 16.6. The molecule has 1 aromatic rings. The molecule has 118 valence electrons. The molecule has 1 N–H and O–H groups in total. The maximum absolute atomic E-state index is 11.5. The fourth-order valence-electron chi connectivity index (χ4n) is 3.24. The van der Waals surface area contributed by atoms with Crippen LogP contribution in [0, 0.1) is 5.92 Å². The van der Waals surface area contributed by atoms with Gasteiger partial charge in [-0.05, 0) is 31.6 Å². The Kier molecular flexibility index (Phi) is 5.80. The fraction of sp³-hybridized carbons (Fsp3) is 0.765. The molecule has 1 heterocycles. The lowest BCUT2D eigenvalue weighted by molar-refractivity contribution is 0.0699. The molecule has 1 aliphatic rings. The van der Waals surface area contributed by atoms with Crippen molar-refractivity contribution in [2.45, 2.75) is 77.6 Å². The van der Waals surface area contributed by atoms with Gasteiger partial charge in [0.15, 0.2) is 0 Å². The molecular formula is C17H27NO2S. The molecule has 1 aromatic heterocycles. The minimum absolute atomic E-state index is 0.308. The van der Waals surface area contributed by atoms with Gasteiger partial charge in [0.2, 0.25) is 0 Å². The molecule has 1 aliphatic carbocycles. The molecule has 0 aliphatic heterocycles. The number of thiazole rings is 1. The number of rotatable bonds is 6. The number of carboxylic acid groups (broad SMARTS) is 1. The first-order chi connectivity index (χ1) is 10.0. The highest BCUT2D eigenvalue weighted by atomic mass is 32.1. The van der Waals surface area contributed by atoms with Crippen molar-refractivity contribution in [2.75, 3.05) is 0 Å². The first kappa shape index (κ1) is 16.5. The average molecular weight is 309 g/mol. The van der Waals surface area contributed by atoms with Gasteiger partial charge >= 0.3 is 5.97 Å². The third kappa shape index (κ3) is 4.06. The van der Waals surface area contributed by atoms with Crippen LogP contribution in [0.4, 0.5) is 0 Å². The summed E-state index contributed by atoms with van der Waals surface area (Å²) in [6, 6.07) is 0. The lowest BCUT2D eigenvalue weighted by atomic mass is 9.78. The van der Waals surface area contributed by atoms with Crippen LogP contribution in [0.5, 0.6) is 0 Å². The van der Waals surface area contributed by atoms with Gasteiger partial charge in [0.05, 0.1) is 10.7 Å². The van der Waals surface area contributed by atoms with Crippen molar-refractivity contribution in [1.82, 2.24) is 4.98 Å². The van der Waals surface area contributed by atoms with Gasteiger partial charge in [-0.2, -0.15) is 0 Å². The van der Waals surface area contributed by atoms with Crippen LogP contribution in [0.1, 0.15) is 97.9 Å². The first-order valence-electron chi connectivity index (χ1n) is 8.26. The van der Waals surface area contributed by atoms with Gasteiger partial charge in [-0.3, -0.25) is 0 Å². The summed E-state index contributed by atoms with van der Waals surface area (Å²) in [7, 11) is 0. The van der Waals surface area contributed by atoms with E-state index < -0.39 is 5.97 Å². The maximum Gasteiger partial charge on any atom is 0.347 e. The van der Waals surface area contributed by atoms with Crippen LogP contribution in [0.2, 0.25) is 0 Å². The van der Waals surface area contributed by atoms with E-state index in [1.165, 1.54) is 43.4 Å². The lowest BCUT2D eigenvalue weighted by Gasteiger charge is -2.27. The van der Waals surface area contributed by atoms with E-state index in [-0.39, 0.29) is 0 Å². The van der Waals surface area contributed by atoms with Gasteiger partial charge in [-0.15, -0.1) is 11.3 Å². The molecule has 1 saturated carbocycles. The van der Waals surface area contributed by atoms with Gasteiger partial charge in [-0.25, -0.2) is 9.78 Å². The van der Waals surface area contributed by atoms with E-state index in [1.807, 2.05) is 0 Å². The normalized spacial score (nSPS) is 22.7. The number of aromatic nitrogens is 1. The van der Waals surface area contributed by atoms with E-state index in [1.54, 1.807) is 0 Å². The second-order valence-electron chi connectivity index (χ2n) is 6.59. The summed E-state index contributed by atoms with van der Waals surface area (Å²) in [6.07, 6.45) is 8.61. The zero-order valence-electron chi connectivity index (χ0n) is 13.4. The van der Waals surface area contributed by atoms with Crippen LogP contribution in [0.15, 0.2) is 0 Å². The quantitative estimate of drug-likeness (QED) is 0.762. The molecule has 0 bridgehead atoms. The van der Waals surface area contributed by atoms with E-state index in [4.69, 9.17) is 0 Å². The van der Waals surface area contributed by atoms with E-state index in [9.17, 15) is 9.90 Å². The summed E-state index contributed by atoms with van der Waals surface area (Å²) in [5.74, 6) is 0.709. The fourth-order valence-corrected chi connectivity index (χ4v) is 4.24. The van der Waals surface area contributed by atoms with Crippen LogP contribution in [-0.4, -0.2) is 16.1 Å². The molecule has 4 heteroatoms. The highest BCUT2D eigenvalue weighted by molar-refractivity contribution is 7.13. The SMILES string of the molecule is CCCCC1CCC(c2nc(C(C)C)sc2C(=O)O)CC1. The van der Waals surface area contributed by atoms with Crippen molar-refractivity contribution in [1.29, 1.82) is 0 Å². The minimum Gasteiger partial charge on any atom is -0.477 e. The number of carboxylic acids is 1. The molecule has 0 aromatic carbocycles. The van der Waals surface area contributed by atoms with Crippen molar-refractivity contribution < 1.29 is 9.90 Å². The van der Waals surface area contributed by atoms with E-state index in [0.29, 0.717) is 16.7 Å². The van der Waals surface area contributed by atoms with Gasteiger partial charge < -0.3 is 5.11 Å². The van der Waals surface area contributed by atoms with Gasteiger partial charge in [-0.1, -0.05) is 40.0 Å². The topological polar surface area (TPSA) is 50.2 Å². The highest BCUT2D eigenvalue weighted by Gasteiger charge is 2.29. The first-order valence-corrected chi connectivity index (χ1v) is 9.08. The molecule has 0 amide bonds. The van der Waals surface area contributed by atoms with Crippen LogP contribution in [0.25, 0.3) is 0 Å². The molecule has 2 rings (SSSR count). The van der Waals surface area contributed by atoms with Crippen LogP contribution < -0.4 is 0 Å². The lowest BCUT2D eigenvalue weighted by Crippen LogP contribution is -2.15. The van der Waals surface area contributed by atoms with Crippen molar-refractivity contribution in [2.24, 2.45) is 5.92 Å². The Bertz CT molecular complexity index is 473. The average Bonchev–Trinajstić information content (AvgIpc) is 2.91. The summed E-state index contributed by atoms with van der Waals surface area (Å²) in [6.45, 7) is 6.40. The molecule has 1 fully saturated rings. The van der Waals surface area contributed by atoms with E-state index in [0.717, 1.165) is 29.5 Å². The Balaban J connectivity index is 2.07. The van der Waals surface area contributed by atoms with Gasteiger partial charge in [0, 0.05) is 11.8 Å². The number of hydrogen-bond donors (Lipinski definition) is 1. The standard InChI is InChI=1S/C17H27NO2S/c1-4-5-6-12-7-9-13(10-8-12)14-15(17(19)20)21-16(18-14)11(2)3/h11-13H,4-10H2,1-3H3,(H,19,20). The van der Waals surface area contributed by atoms with E-state index >= 15 is 0 Å². The van der Waals surface area contributed by atoms with Crippen molar-refractivity contribution in [3.8, 4) is 0 Å². The number of nitrogens with zero attached hydrogens (tertiary/aromatic N) is 1. The van der Waals surface area contributed by atoms with Crippen molar-refractivity contribution in [3.63, 3.8) is 0 Å². The molecule has 0 radical (unpaired) electrons. The Hall–Kier alpha value is -0.900. The molecular weight excluding hydrogens is 282 g/mol. The molecule has 0 saturated heterocycles. The zero-order valence-corrected chi connectivity index (χ0v) is 14.2. The molecule has 0 unspecified atom stereocenters. The Labute approximate surface area is 131 Å². The zero-order chi connectivity index (χ0) is 15.4. The summed E-state index contributed by atoms with van der Waals surface area (Å²) in [5, 5.41) is 10.4. The predicted octanol–water partition coefficient (Wildman–Crippen LogP) is 5.43. The van der Waals surface area contributed by atoms with Gasteiger partial charge in [0.1, 0.15) is 4.88 Å². The van der Waals surface area contributed by atoms with Crippen molar-refractivity contribution in [3.05, 3.63) is 15.6 Å². The minimum atomic E-state index is -0.803. The second-order valence-corrected chi connectivity index (χ2v) is 7.62. The molecule has 3 nitrogen and oxygen atoms in total. The third-order valence-electron chi connectivity index (χ3n) is 4.56. The largest absolute Gasteiger partial charge is 0.477 e. The van der Waals surface area contributed by atoms with Crippen LogP contribution in [0.3, 0.4) is 0 Å². The smallest absolute Gasteiger partial charge is 0.347 e. The molecule has 21 heavy (non-hydrogen) atoms. The Morgan fingerprint density at radius 1 is 1.33 bits per heavy atom. The molecule has 0 atom stereocenters. The maximum atomic E-state index is 11.5. The second kappa shape index (κ2) is 7.39. The Morgan fingerprint density at radius 3 is 2.52 bits per heavy atom. The summed E-state index contributed by atoms with van der Waals surface area (Å²) >= 11 is 1.37.